The standard InChI is InChI=1S/C10H13BrN2O4/c1-10(15,6-14)5-12-9-3-2-7(13(16)17)4-8(9)11/h2-4,12,14-15H,5-6H2,1H3. The molecule has 0 saturated heterocycles. The van der Waals surface area contributed by atoms with Crippen molar-refractivity contribution in [3.8, 4) is 0 Å². The van der Waals surface area contributed by atoms with Gasteiger partial charge in [0.1, 0.15) is 5.60 Å². The number of non-ortho nitro benzene ring substituents is 1. The second kappa shape index (κ2) is 5.44. The van der Waals surface area contributed by atoms with Crippen LogP contribution in [0.4, 0.5) is 11.4 Å². The lowest BCUT2D eigenvalue weighted by Gasteiger charge is -2.21. The summed E-state index contributed by atoms with van der Waals surface area (Å²) in [6, 6.07) is 4.27. The van der Waals surface area contributed by atoms with Crippen molar-refractivity contribution in [3.05, 3.63) is 32.8 Å². The molecule has 1 atom stereocenters. The highest BCUT2D eigenvalue weighted by atomic mass is 79.9. The van der Waals surface area contributed by atoms with E-state index in [1.54, 1.807) is 0 Å². The van der Waals surface area contributed by atoms with E-state index in [0.717, 1.165) is 0 Å². The lowest BCUT2D eigenvalue weighted by molar-refractivity contribution is -0.384. The first-order valence-corrected chi connectivity index (χ1v) is 5.66. The van der Waals surface area contributed by atoms with Crippen LogP contribution in [0, 0.1) is 10.1 Å². The normalized spacial score (nSPS) is 14.1. The minimum atomic E-state index is -1.23. The third kappa shape index (κ3) is 3.95. The Hall–Kier alpha value is -1.18. The molecule has 1 aromatic rings. The number of anilines is 1. The molecule has 7 heteroatoms. The number of halogens is 1. The molecule has 17 heavy (non-hydrogen) atoms. The molecule has 1 aromatic carbocycles. The van der Waals surface area contributed by atoms with E-state index < -0.39 is 10.5 Å². The summed E-state index contributed by atoms with van der Waals surface area (Å²) in [6.07, 6.45) is 0. The molecule has 1 unspecified atom stereocenters. The number of nitro groups is 1. The van der Waals surface area contributed by atoms with Crippen LogP contribution in [0.25, 0.3) is 0 Å². The Balaban J connectivity index is 2.77. The van der Waals surface area contributed by atoms with Gasteiger partial charge < -0.3 is 15.5 Å². The zero-order chi connectivity index (χ0) is 13.1. The van der Waals surface area contributed by atoms with Gasteiger partial charge in [-0.15, -0.1) is 0 Å². The number of nitrogens with one attached hydrogen (secondary N) is 1. The molecular weight excluding hydrogens is 292 g/mol. The number of hydrogen-bond donors (Lipinski definition) is 3. The van der Waals surface area contributed by atoms with Gasteiger partial charge in [-0.25, -0.2) is 0 Å². The molecule has 0 amide bonds. The first-order valence-electron chi connectivity index (χ1n) is 4.87. The molecule has 94 valence electrons. The van der Waals surface area contributed by atoms with Crippen LogP contribution in [0.15, 0.2) is 22.7 Å². The van der Waals surface area contributed by atoms with E-state index in [1.807, 2.05) is 0 Å². The molecule has 0 aliphatic rings. The third-order valence-corrected chi connectivity index (χ3v) is 2.82. The molecule has 0 bridgehead atoms. The largest absolute Gasteiger partial charge is 0.393 e. The number of aliphatic hydroxyl groups is 2. The highest BCUT2D eigenvalue weighted by molar-refractivity contribution is 9.10. The van der Waals surface area contributed by atoms with Gasteiger partial charge in [0.05, 0.1) is 11.5 Å². The Morgan fingerprint density at radius 3 is 2.71 bits per heavy atom. The number of hydrogen-bond acceptors (Lipinski definition) is 5. The van der Waals surface area contributed by atoms with Crippen molar-refractivity contribution >= 4 is 27.3 Å². The summed E-state index contributed by atoms with van der Waals surface area (Å²) in [7, 11) is 0. The lowest BCUT2D eigenvalue weighted by atomic mass is 10.1. The fraction of sp³-hybridized carbons (Fsp3) is 0.400. The second-order valence-electron chi connectivity index (χ2n) is 3.93. The average Bonchev–Trinajstić information content (AvgIpc) is 2.27. The van der Waals surface area contributed by atoms with Gasteiger partial charge in [-0.1, -0.05) is 0 Å². The van der Waals surface area contributed by atoms with E-state index in [1.165, 1.54) is 25.1 Å². The average molecular weight is 305 g/mol. The van der Waals surface area contributed by atoms with E-state index in [9.17, 15) is 15.2 Å². The highest BCUT2D eigenvalue weighted by Crippen LogP contribution is 2.27. The fourth-order valence-electron chi connectivity index (χ4n) is 1.10. The SMILES string of the molecule is CC(O)(CO)CNc1ccc([N+](=O)[O-])cc1Br. The summed E-state index contributed by atoms with van der Waals surface area (Å²) < 4.78 is 0.528. The molecule has 0 saturated carbocycles. The predicted octanol–water partition coefficient (Wildman–Crippen LogP) is 1.51. The molecule has 6 nitrogen and oxygen atoms in total. The minimum Gasteiger partial charge on any atom is -0.393 e. The Bertz CT molecular complexity index is 423. The highest BCUT2D eigenvalue weighted by Gasteiger charge is 2.19. The molecule has 0 radical (unpaired) electrons. The van der Waals surface area contributed by atoms with Gasteiger partial charge in [0, 0.05) is 28.8 Å². The van der Waals surface area contributed by atoms with Crippen molar-refractivity contribution in [1.82, 2.24) is 0 Å². The molecule has 3 N–H and O–H groups in total. The van der Waals surface area contributed by atoms with Crippen LogP contribution in [0.3, 0.4) is 0 Å². The minimum absolute atomic E-state index is 0.0173. The van der Waals surface area contributed by atoms with Gasteiger partial charge in [0.25, 0.3) is 5.69 Å². The van der Waals surface area contributed by atoms with Crippen LogP contribution in [-0.2, 0) is 0 Å². The molecular formula is C10H13BrN2O4. The summed E-state index contributed by atoms with van der Waals surface area (Å²) in [5, 5.41) is 31.9. The summed E-state index contributed by atoms with van der Waals surface area (Å²) in [4.78, 5) is 10.0. The number of benzene rings is 1. The van der Waals surface area contributed by atoms with Gasteiger partial charge in [-0.05, 0) is 28.9 Å². The second-order valence-corrected chi connectivity index (χ2v) is 4.78. The fourth-order valence-corrected chi connectivity index (χ4v) is 1.61. The predicted molar refractivity (Wildman–Crippen MR) is 67.0 cm³/mol. The number of nitro benzene ring substituents is 1. The first kappa shape index (κ1) is 13.9. The summed E-state index contributed by atoms with van der Waals surface area (Å²) in [5.74, 6) is 0. The zero-order valence-electron chi connectivity index (χ0n) is 9.18. The van der Waals surface area contributed by atoms with Gasteiger partial charge in [0.2, 0.25) is 0 Å². The molecule has 0 fully saturated rings. The Morgan fingerprint density at radius 1 is 1.59 bits per heavy atom. The van der Waals surface area contributed by atoms with Crippen LogP contribution >= 0.6 is 15.9 Å². The Kier molecular flexibility index (Phi) is 4.44. The van der Waals surface area contributed by atoms with Crippen LogP contribution in [-0.4, -0.2) is 33.9 Å². The van der Waals surface area contributed by atoms with E-state index in [-0.39, 0.29) is 18.8 Å². The topological polar surface area (TPSA) is 95.6 Å². The van der Waals surface area contributed by atoms with Gasteiger partial charge >= 0.3 is 0 Å². The quantitative estimate of drug-likeness (QED) is 0.566. The smallest absolute Gasteiger partial charge is 0.270 e. The number of nitrogens with zero attached hydrogens (tertiary/aromatic N) is 1. The summed E-state index contributed by atoms with van der Waals surface area (Å²) in [5.41, 5.74) is -0.637. The first-order chi connectivity index (χ1) is 7.85. The monoisotopic (exact) mass is 304 g/mol. The van der Waals surface area contributed by atoms with Crippen LogP contribution in [0.1, 0.15) is 6.92 Å². The van der Waals surface area contributed by atoms with Gasteiger partial charge in [0.15, 0.2) is 0 Å². The van der Waals surface area contributed by atoms with Crippen molar-refractivity contribution in [2.24, 2.45) is 0 Å². The molecule has 0 aromatic heterocycles. The lowest BCUT2D eigenvalue weighted by Crippen LogP contribution is -2.37. The molecule has 0 aliphatic carbocycles. The van der Waals surface area contributed by atoms with Gasteiger partial charge in [-0.3, -0.25) is 10.1 Å². The van der Waals surface area contributed by atoms with Crippen molar-refractivity contribution < 1.29 is 15.1 Å². The third-order valence-electron chi connectivity index (χ3n) is 2.16. The van der Waals surface area contributed by atoms with Crippen LogP contribution < -0.4 is 5.32 Å². The van der Waals surface area contributed by atoms with E-state index in [0.29, 0.717) is 10.2 Å². The van der Waals surface area contributed by atoms with Crippen LogP contribution in [0.5, 0.6) is 0 Å². The van der Waals surface area contributed by atoms with Crippen molar-refractivity contribution in [2.75, 3.05) is 18.5 Å². The van der Waals surface area contributed by atoms with E-state index in [4.69, 9.17) is 5.11 Å². The Labute approximate surface area is 107 Å². The maximum absolute atomic E-state index is 10.5. The van der Waals surface area contributed by atoms with Gasteiger partial charge in [-0.2, -0.15) is 0 Å². The summed E-state index contributed by atoms with van der Waals surface area (Å²) in [6.45, 7) is 1.25. The molecule has 0 spiro atoms. The zero-order valence-corrected chi connectivity index (χ0v) is 10.8. The maximum atomic E-state index is 10.5. The maximum Gasteiger partial charge on any atom is 0.270 e. The van der Waals surface area contributed by atoms with Crippen molar-refractivity contribution in [1.29, 1.82) is 0 Å². The molecule has 0 aliphatic heterocycles. The van der Waals surface area contributed by atoms with E-state index in [2.05, 4.69) is 21.2 Å². The summed E-state index contributed by atoms with van der Waals surface area (Å²) >= 11 is 3.19. The number of aliphatic hydroxyl groups excluding tert-OH is 1. The number of rotatable bonds is 5. The molecule has 0 heterocycles. The Morgan fingerprint density at radius 2 is 2.24 bits per heavy atom. The van der Waals surface area contributed by atoms with E-state index >= 15 is 0 Å². The van der Waals surface area contributed by atoms with Crippen molar-refractivity contribution in [3.63, 3.8) is 0 Å². The van der Waals surface area contributed by atoms with Crippen molar-refractivity contribution in [2.45, 2.75) is 12.5 Å². The molecule has 1 rings (SSSR count). The van der Waals surface area contributed by atoms with Crippen LogP contribution in [0.2, 0.25) is 0 Å².